The van der Waals surface area contributed by atoms with Gasteiger partial charge in [0.2, 0.25) is 0 Å². The summed E-state index contributed by atoms with van der Waals surface area (Å²) in [6, 6.07) is 9.14. The largest absolute Gasteiger partial charge is 0.491 e. The SMILES string of the molecule is Fc1ccc(CCOC2CCCCO2)c(Br)c1.OB1OCCc2ccc(F)cc21.S=S=S. The zero-order valence-corrected chi connectivity index (χ0v) is 21.3. The molecule has 0 saturated carbocycles. The molecule has 1 saturated heterocycles. The van der Waals surface area contributed by atoms with Gasteiger partial charge in [0.15, 0.2) is 6.29 Å². The second-order valence-electron chi connectivity index (χ2n) is 7.04. The molecule has 0 amide bonds. The molecule has 1 unspecified atom stereocenters. The van der Waals surface area contributed by atoms with Gasteiger partial charge in [-0.25, -0.2) is 8.78 Å². The van der Waals surface area contributed by atoms with Gasteiger partial charge in [-0.3, -0.25) is 0 Å². The van der Waals surface area contributed by atoms with E-state index in [2.05, 4.69) is 38.3 Å². The van der Waals surface area contributed by atoms with Crippen LogP contribution in [-0.2, 0) is 58.2 Å². The maximum absolute atomic E-state index is 12.9. The Labute approximate surface area is 208 Å². The number of hydrogen-bond donors (Lipinski definition) is 1. The van der Waals surface area contributed by atoms with E-state index in [1.54, 1.807) is 12.1 Å². The first-order valence-corrected chi connectivity index (χ1v) is 13.6. The molecular formula is C21H24BBrF2O4S3. The van der Waals surface area contributed by atoms with Gasteiger partial charge >= 0.3 is 7.12 Å². The lowest BCUT2D eigenvalue weighted by atomic mass is 9.74. The smallest absolute Gasteiger partial charge is 0.423 e. The van der Waals surface area contributed by atoms with Crippen molar-refractivity contribution in [1.82, 2.24) is 0 Å². The van der Waals surface area contributed by atoms with Crippen molar-refractivity contribution in [2.24, 2.45) is 0 Å². The molecule has 32 heavy (non-hydrogen) atoms. The maximum atomic E-state index is 12.9. The Morgan fingerprint density at radius 1 is 1.12 bits per heavy atom. The minimum atomic E-state index is -0.954. The first-order valence-electron chi connectivity index (χ1n) is 10.1. The molecule has 0 spiro atoms. The van der Waals surface area contributed by atoms with E-state index in [0.29, 0.717) is 18.7 Å². The highest BCUT2D eigenvalue weighted by Gasteiger charge is 2.24. The van der Waals surface area contributed by atoms with Crippen LogP contribution in [0.3, 0.4) is 0 Å². The molecule has 1 N–H and O–H groups in total. The van der Waals surface area contributed by atoms with Gasteiger partial charge in [-0.2, -0.15) is 0 Å². The van der Waals surface area contributed by atoms with E-state index in [0.717, 1.165) is 56.8 Å². The van der Waals surface area contributed by atoms with Crippen molar-refractivity contribution in [1.29, 1.82) is 0 Å². The van der Waals surface area contributed by atoms with E-state index in [1.807, 2.05) is 0 Å². The molecule has 0 aliphatic carbocycles. The van der Waals surface area contributed by atoms with Gasteiger partial charge in [0.05, 0.1) is 6.61 Å². The standard InChI is InChI=1S/C13H16BrFO2.C8H8BFO2.S3/c14-12-9-11(15)5-4-10(12)6-8-17-13-3-1-2-7-16-13;10-7-2-1-6-3-4-12-9(11)8(6)5-7;1-3-2/h4-5,9,13H,1-3,6-8H2;1-2,5,11H,3-4H2;. The van der Waals surface area contributed by atoms with Crippen molar-refractivity contribution in [3.8, 4) is 0 Å². The zero-order valence-electron chi connectivity index (χ0n) is 17.3. The fourth-order valence-electron chi connectivity index (χ4n) is 3.26. The molecule has 2 aromatic carbocycles. The Bertz CT molecular complexity index is 897. The number of hydrogen-bond acceptors (Lipinski definition) is 6. The molecule has 11 heteroatoms. The van der Waals surface area contributed by atoms with Gasteiger partial charge in [0.25, 0.3) is 0 Å². The van der Waals surface area contributed by atoms with E-state index in [9.17, 15) is 13.8 Å². The van der Waals surface area contributed by atoms with Crippen molar-refractivity contribution in [3.63, 3.8) is 0 Å². The van der Waals surface area contributed by atoms with Crippen molar-refractivity contribution < 1.29 is 27.9 Å². The highest BCUT2D eigenvalue weighted by Crippen LogP contribution is 2.19. The third-order valence-corrected chi connectivity index (χ3v) is 5.59. The molecule has 2 aliphatic heterocycles. The first kappa shape index (κ1) is 27.6. The lowest BCUT2D eigenvalue weighted by molar-refractivity contribution is -0.161. The summed E-state index contributed by atoms with van der Waals surface area (Å²) < 4.78 is 42.4. The third kappa shape index (κ3) is 9.68. The van der Waals surface area contributed by atoms with Crippen LogP contribution >= 0.6 is 15.9 Å². The summed E-state index contributed by atoms with van der Waals surface area (Å²) in [6.45, 7) is 1.90. The second kappa shape index (κ2) is 15.3. The Morgan fingerprint density at radius 2 is 1.84 bits per heavy atom. The molecule has 0 aromatic heterocycles. The normalized spacial score (nSPS) is 17.2. The third-order valence-electron chi connectivity index (χ3n) is 4.85. The molecule has 4 rings (SSSR count). The first-order chi connectivity index (χ1) is 15.4. The molecule has 2 aromatic rings. The monoisotopic (exact) mass is 564 g/mol. The number of fused-ring (bicyclic) bond motifs is 1. The van der Waals surface area contributed by atoms with Crippen LogP contribution in [0.15, 0.2) is 40.9 Å². The van der Waals surface area contributed by atoms with Crippen LogP contribution < -0.4 is 5.46 Å². The van der Waals surface area contributed by atoms with Crippen LogP contribution in [0.25, 0.3) is 0 Å². The Morgan fingerprint density at radius 3 is 2.53 bits per heavy atom. The van der Waals surface area contributed by atoms with Crippen LogP contribution in [-0.4, -0.2) is 38.3 Å². The number of halogens is 3. The van der Waals surface area contributed by atoms with Gasteiger partial charge in [-0.1, -0.05) is 28.1 Å². The van der Waals surface area contributed by atoms with Crippen LogP contribution in [0.2, 0.25) is 0 Å². The van der Waals surface area contributed by atoms with Gasteiger partial charge in [-0.05, 0) is 73.0 Å². The van der Waals surface area contributed by atoms with Crippen LogP contribution in [0, 0.1) is 11.6 Å². The Hall–Kier alpha value is -0.655. The summed E-state index contributed by atoms with van der Waals surface area (Å²) in [4.78, 5) is 0. The summed E-state index contributed by atoms with van der Waals surface area (Å²) in [7, 11) is -0.0375. The Balaban J connectivity index is 0.000000211. The molecule has 4 nitrogen and oxygen atoms in total. The van der Waals surface area contributed by atoms with E-state index >= 15 is 0 Å². The maximum Gasteiger partial charge on any atom is 0.491 e. The fraction of sp³-hybridized carbons (Fsp3) is 0.429. The van der Waals surface area contributed by atoms with Gasteiger partial charge in [0.1, 0.15) is 11.6 Å². The minimum Gasteiger partial charge on any atom is -0.423 e. The zero-order chi connectivity index (χ0) is 23.3. The van der Waals surface area contributed by atoms with E-state index < -0.39 is 7.12 Å². The molecule has 2 heterocycles. The van der Waals surface area contributed by atoms with Gasteiger partial charge in [-0.15, -0.1) is 0 Å². The predicted molar refractivity (Wildman–Crippen MR) is 133 cm³/mol. The molecule has 0 bridgehead atoms. The second-order valence-corrected chi connectivity index (χ2v) is 9.66. The van der Waals surface area contributed by atoms with Crippen molar-refractivity contribution in [2.75, 3.05) is 19.8 Å². The quantitative estimate of drug-likeness (QED) is 0.571. The van der Waals surface area contributed by atoms with Crippen LogP contribution in [0.4, 0.5) is 8.78 Å². The van der Waals surface area contributed by atoms with E-state index in [4.69, 9.17) is 14.1 Å². The number of benzene rings is 2. The summed E-state index contributed by atoms with van der Waals surface area (Å²) in [5.41, 5.74) is 2.58. The number of rotatable bonds is 4. The van der Waals surface area contributed by atoms with Gasteiger partial charge in [0, 0.05) is 48.9 Å². The predicted octanol–water partition coefficient (Wildman–Crippen LogP) is 3.75. The highest BCUT2D eigenvalue weighted by molar-refractivity contribution is 9.10. The lowest BCUT2D eigenvalue weighted by Gasteiger charge is -2.22. The topological polar surface area (TPSA) is 47.9 Å². The minimum absolute atomic E-state index is 0.0528. The van der Waals surface area contributed by atoms with Crippen molar-refractivity contribution in [3.05, 3.63) is 63.6 Å². The van der Waals surface area contributed by atoms with E-state index in [1.165, 1.54) is 30.7 Å². The molecule has 1 atom stereocenters. The Kier molecular flexibility index (Phi) is 13.2. The van der Waals surface area contributed by atoms with E-state index in [-0.39, 0.29) is 17.9 Å². The highest BCUT2D eigenvalue weighted by atomic mass is 79.9. The summed E-state index contributed by atoms with van der Waals surface area (Å²) in [5.74, 6) is -0.560. The summed E-state index contributed by atoms with van der Waals surface area (Å²) >= 11 is 11.6. The number of ether oxygens (including phenoxy) is 2. The molecule has 174 valence electrons. The molecule has 0 radical (unpaired) electrons. The fourth-order valence-corrected chi connectivity index (χ4v) is 3.81. The summed E-state index contributed by atoms with van der Waals surface area (Å²) in [5, 5.41) is 9.30. The lowest BCUT2D eigenvalue weighted by Crippen LogP contribution is -2.41. The molecule has 2 aliphatic rings. The average molecular weight is 565 g/mol. The van der Waals surface area contributed by atoms with Crippen LogP contribution in [0.1, 0.15) is 30.4 Å². The van der Waals surface area contributed by atoms with Crippen molar-refractivity contribution in [2.45, 2.75) is 38.4 Å². The van der Waals surface area contributed by atoms with Gasteiger partial charge < -0.3 is 19.2 Å². The van der Waals surface area contributed by atoms with Crippen molar-refractivity contribution >= 4 is 59.8 Å². The summed E-state index contributed by atoms with van der Waals surface area (Å²) in [6.07, 6.45) is 4.73. The average Bonchev–Trinajstić information content (AvgIpc) is 2.78. The van der Waals surface area contributed by atoms with Crippen LogP contribution in [0.5, 0.6) is 0 Å². The molecular weight excluding hydrogens is 541 g/mol. The molecule has 1 fully saturated rings.